The van der Waals surface area contributed by atoms with Crippen LogP contribution >= 0.6 is 11.6 Å². The fraction of sp³-hybridized carbons (Fsp3) is 0.278. The maximum atomic E-state index is 11.2. The van der Waals surface area contributed by atoms with Gasteiger partial charge in [0.25, 0.3) is 0 Å². The first-order chi connectivity index (χ1) is 20.9. The van der Waals surface area contributed by atoms with Gasteiger partial charge in [0.2, 0.25) is 0 Å². The highest BCUT2D eigenvalue weighted by Gasteiger charge is 2.11. The van der Waals surface area contributed by atoms with Crippen molar-refractivity contribution in [1.82, 2.24) is 4.90 Å². The summed E-state index contributed by atoms with van der Waals surface area (Å²) in [5.74, 6) is -0.895. The summed E-state index contributed by atoms with van der Waals surface area (Å²) in [5.41, 5.74) is 5.67. The van der Waals surface area contributed by atoms with Gasteiger partial charge in [0, 0.05) is 24.5 Å². The second-order valence-electron chi connectivity index (χ2n) is 9.98. The van der Waals surface area contributed by atoms with Crippen LogP contribution in [0.5, 0.6) is 5.75 Å². The molecule has 0 radical (unpaired) electrons. The fourth-order valence-electron chi connectivity index (χ4n) is 4.62. The number of carboxylic acid groups (broad SMARTS) is 2. The summed E-state index contributed by atoms with van der Waals surface area (Å²) in [6.07, 6.45) is 2.29. The highest BCUT2D eigenvalue weighted by atomic mass is 35.5. The summed E-state index contributed by atoms with van der Waals surface area (Å²) in [7, 11) is 0. The Morgan fingerprint density at radius 2 is 1.35 bits per heavy atom. The quantitative estimate of drug-likeness (QED) is 0.133. The predicted molar refractivity (Wildman–Crippen MR) is 173 cm³/mol. The molecule has 0 spiro atoms. The van der Waals surface area contributed by atoms with E-state index in [4.69, 9.17) is 21.4 Å². The number of aromatic carboxylic acids is 1. The summed E-state index contributed by atoms with van der Waals surface area (Å²) in [4.78, 5) is 24.4. The van der Waals surface area contributed by atoms with Gasteiger partial charge in [-0.15, -0.1) is 0 Å². The van der Waals surface area contributed by atoms with Crippen LogP contribution < -0.4 is 4.74 Å². The van der Waals surface area contributed by atoms with Gasteiger partial charge in [0.05, 0.1) is 5.56 Å². The summed E-state index contributed by atoms with van der Waals surface area (Å²) in [6.45, 7) is 6.60. The molecular formula is C36H40ClNO5. The lowest BCUT2D eigenvalue weighted by Crippen LogP contribution is -2.27. The lowest BCUT2D eigenvalue weighted by atomic mass is 10.0. The Kier molecular flexibility index (Phi) is 13.8. The van der Waals surface area contributed by atoms with E-state index in [1.165, 1.54) is 0 Å². The first-order valence-corrected chi connectivity index (χ1v) is 15.1. The second kappa shape index (κ2) is 17.7. The maximum absolute atomic E-state index is 11.2. The van der Waals surface area contributed by atoms with Gasteiger partial charge in [0.1, 0.15) is 12.4 Å². The third kappa shape index (κ3) is 11.2. The van der Waals surface area contributed by atoms with Gasteiger partial charge in [0.15, 0.2) is 0 Å². The Morgan fingerprint density at radius 3 is 1.98 bits per heavy atom. The highest BCUT2D eigenvalue weighted by molar-refractivity contribution is 6.30. The number of hydrogen-bond donors (Lipinski definition) is 2. The zero-order valence-corrected chi connectivity index (χ0v) is 25.6. The van der Waals surface area contributed by atoms with E-state index in [0.29, 0.717) is 24.6 Å². The molecule has 4 aromatic carbocycles. The van der Waals surface area contributed by atoms with Crippen LogP contribution in [0.2, 0.25) is 5.02 Å². The van der Waals surface area contributed by atoms with Crippen molar-refractivity contribution in [2.45, 2.75) is 52.7 Å². The number of rotatable bonds is 15. The largest absolute Gasteiger partial charge is 0.489 e. The van der Waals surface area contributed by atoms with Crippen molar-refractivity contribution in [2.75, 3.05) is 13.1 Å². The van der Waals surface area contributed by atoms with Crippen molar-refractivity contribution >= 4 is 23.5 Å². The molecule has 0 saturated heterocycles. The molecule has 0 unspecified atom stereocenters. The number of halogens is 1. The monoisotopic (exact) mass is 601 g/mol. The van der Waals surface area contributed by atoms with Gasteiger partial charge >= 0.3 is 11.9 Å². The standard InChI is InChI=1S/C34H34ClNO5.C2H6/c35-31-18-16-28(17-19-31)27-12-10-26(11-13-27)24-41-32-6-2-1-5-29(32)20-22-36(21-4-3-7-33(37)38)23-25-8-14-30(15-9-25)34(39)40;1-2/h1-2,5-6,8-19H,3-4,7,20-24H2,(H,37,38)(H,39,40);1-2H3. The first kappa shape index (κ1) is 33.4. The van der Waals surface area contributed by atoms with Crippen LogP contribution in [0.3, 0.4) is 0 Å². The molecule has 0 aliphatic rings. The molecule has 4 rings (SSSR count). The van der Waals surface area contributed by atoms with E-state index in [9.17, 15) is 14.7 Å². The van der Waals surface area contributed by atoms with Crippen LogP contribution in [0, 0.1) is 0 Å². The van der Waals surface area contributed by atoms with Crippen molar-refractivity contribution in [3.05, 3.63) is 124 Å². The number of nitrogens with zero attached hydrogens (tertiary/aromatic N) is 1. The van der Waals surface area contributed by atoms with Crippen LogP contribution in [0.15, 0.2) is 97.1 Å². The van der Waals surface area contributed by atoms with Gasteiger partial charge in [-0.25, -0.2) is 4.79 Å². The van der Waals surface area contributed by atoms with E-state index in [-0.39, 0.29) is 12.0 Å². The number of carboxylic acids is 2. The number of carbonyl (C=O) groups is 2. The molecule has 7 heteroatoms. The summed E-state index contributed by atoms with van der Waals surface area (Å²) < 4.78 is 6.24. The molecule has 0 saturated carbocycles. The van der Waals surface area contributed by atoms with E-state index in [1.807, 2.05) is 68.4 Å². The molecule has 0 amide bonds. The second-order valence-corrected chi connectivity index (χ2v) is 10.4. The molecule has 4 aromatic rings. The zero-order chi connectivity index (χ0) is 31.0. The SMILES string of the molecule is CC.O=C(O)CCCCN(CCc1ccccc1OCc1ccc(-c2ccc(Cl)cc2)cc1)Cc1ccc(C(=O)O)cc1. The Morgan fingerprint density at radius 1 is 0.744 bits per heavy atom. The van der Waals surface area contributed by atoms with Crippen molar-refractivity contribution in [3.63, 3.8) is 0 Å². The van der Waals surface area contributed by atoms with Crippen molar-refractivity contribution in [1.29, 1.82) is 0 Å². The number of hydrogen-bond acceptors (Lipinski definition) is 4. The van der Waals surface area contributed by atoms with Crippen LogP contribution in [0.4, 0.5) is 0 Å². The molecule has 6 nitrogen and oxygen atoms in total. The molecule has 0 heterocycles. The zero-order valence-electron chi connectivity index (χ0n) is 24.8. The van der Waals surface area contributed by atoms with Gasteiger partial charge in [-0.1, -0.05) is 92.2 Å². The van der Waals surface area contributed by atoms with Crippen LogP contribution in [-0.2, 0) is 24.4 Å². The number of unbranched alkanes of at least 4 members (excludes halogenated alkanes) is 1. The number of benzene rings is 4. The average molecular weight is 602 g/mol. The summed E-state index contributed by atoms with van der Waals surface area (Å²) in [6, 6.07) is 31.0. The van der Waals surface area contributed by atoms with Gasteiger partial charge in [-0.3, -0.25) is 9.69 Å². The Bertz CT molecular complexity index is 1420. The fourth-order valence-corrected chi connectivity index (χ4v) is 4.75. The number of ether oxygens (including phenoxy) is 1. The van der Waals surface area contributed by atoms with Gasteiger partial charge in [-0.2, -0.15) is 0 Å². The van der Waals surface area contributed by atoms with Crippen molar-refractivity contribution in [2.24, 2.45) is 0 Å². The molecule has 0 aliphatic carbocycles. The Hall–Kier alpha value is -4.13. The molecule has 0 atom stereocenters. The van der Waals surface area contributed by atoms with E-state index in [2.05, 4.69) is 35.2 Å². The van der Waals surface area contributed by atoms with E-state index in [1.54, 1.807) is 12.1 Å². The predicted octanol–water partition coefficient (Wildman–Crippen LogP) is 8.61. The molecule has 226 valence electrons. The molecule has 0 fully saturated rings. The summed E-state index contributed by atoms with van der Waals surface area (Å²) in [5, 5.41) is 18.9. The topological polar surface area (TPSA) is 87.1 Å². The van der Waals surface area contributed by atoms with Crippen LogP contribution in [-0.4, -0.2) is 40.1 Å². The molecular weight excluding hydrogens is 562 g/mol. The van der Waals surface area contributed by atoms with Crippen LogP contribution in [0.25, 0.3) is 11.1 Å². The lowest BCUT2D eigenvalue weighted by Gasteiger charge is -2.23. The van der Waals surface area contributed by atoms with E-state index >= 15 is 0 Å². The third-order valence-corrected chi connectivity index (χ3v) is 7.17. The van der Waals surface area contributed by atoms with Gasteiger partial charge < -0.3 is 14.9 Å². The van der Waals surface area contributed by atoms with Crippen LogP contribution in [0.1, 0.15) is 60.2 Å². The maximum Gasteiger partial charge on any atom is 0.335 e. The van der Waals surface area contributed by atoms with E-state index in [0.717, 1.165) is 59.5 Å². The van der Waals surface area contributed by atoms with Crippen molar-refractivity contribution < 1.29 is 24.5 Å². The minimum absolute atomic E-state index is 0.151. The minimum Gasteiger partial charge on any atom is -0.489 e. The first-order valence-electron chi connectivity index (χ1n) is 14.7. The molecule has 0 bridgehead atoms. The Labute approximate surface area is 259 Å². The van der Waals surface area contributed by atoms with Gasteiger partial charge in [-0.05, 0) is 84.0 Å². The minimum atomic E-state index is -0.948. The van der Waals surface area contributed by atoms with E-state index < -0.39 is 11.9 Å². The van der Waals surface area contributed by atoms with Crippen molar-refractivity contribution in [3.8, 4) is 16.9 Å². The normalized spacial score (nSPS) is 10.6. The average Bonchev–Trinajstić information content (AvgIpc) is 3.03. The Balaban J connectivity index is 0.00000248. The lowest BCUT2D eigenvalue weighted by molar-refractivity contribution is -0.137. The molecule has 2 N–H and O–H groups in total. The highest BCUT2D eigenvalue weighted by Crippen LogP contribution is 2.24. The molecule has 0 aromatic heterocycles. The number of aliphatic carboxylic acids is 1. The summed E-state index contributed by atoms with van der Waals surface area (Å²) >= 11 is 6.01. The smallest absolute Gasteiger partial charge is 0.335 e. The number of para-hydroxylation sites is 1. The molecule has 43 heavy (non-hydrogen) atoms. The molecule has 0 aliphatic heterocycles. The third-order valence-electron chi connectivity index (χ3n) is 6.92.